The highest BCUT2D eigenvalue weighted by Gasteiger charge is 2.55. The van der Waals surface area contributed by atoms with Gasteiger partial charge in [-0.15, -0.1) is 0 Å². The average Bonchev–Trinajstić information content (AvgIpc) is 3.15. The summed E-state index contributed by atoms with van der Waals surface area (Å²) >= 11 is 12.6. The first-order valence-electron chi connectivity index (χ1n) is 13.6. The van der Waals surface area contributed by atoms with Gasteiger partial charge in [-0.1, -0.05) is 56.1 Å². The highest BCUT2D eigenvalue weighted by molar-refractivity contribution is 6.34. The molecule has 2 amide bonds. The Labute approximate surface area is 245 Å². The van der Waals surface area contributed by atoms with Crippen molar-refractivity contribution in [2.45, 2.75) is 70.6 Å². The summed E-state index contributed by atoms with van der Waals surface area (Å²) in [5.74, 6) is -1.04. The summed E-state index contributed by atoms with van der Waals surface area (Å²) in [6.45, 7) is 6.45. The van der Waals surface area contributed by atoms with Crippen LogP contribution < -0.4 is 10.6 Å². The molecule has 1 saturated heterocycles. The van der Waals surface area contributed by atoms with E-state index in [1.54, 1.807) is 47.4 Å². The van der Waals surface area contributed by atoms with Crippen LogP contribution in [0, 0.1) is 11.3 Å². The molecule has 0 bridgehead atoms. The second kappa shape index (κ2) is 12.1. The number of nitrogens with zero attached hydrogens (tertiary/aromatic N) is 1. The van der Waals surface area contributed by atoms with E-state index in [9.17, 15) is 19.5 Å². The number of amides is 2. The number of carboxylic acids is 1. The lowest BCUT2D eigenvalue weighted by atomic mass is 9.69. The van der Waals surface area contributed by atoms with E-state index in [0.717, 1.165) is 25.7 Å². The van der Waals surface area contributed by atoms with Gasteiger partial charge in [-0.25, -0.2) is 0 Å². The van der Waals surface area contributed by atoms with Crippen LogP contribution in [-0.2, 0) is 9.59 Å². The zero-order chi connectivity index (χ0) is 29.2. The second-order valence-corrected chi connectivity index (χ2v) is 12.8. The first-order valence-corrected chi connectivity index (χ1v) is 14.4. The van der Waals surface area contributed by atoms with Gasteiger partial charge in [-0.2, -0.15) is 0 Å². The summed E-state index contributed by atoms with van der Waals surface area (Å²) < 4.78 is 0. The molecule has 0 radical (unpaired) electrons. The summed E-state index contributed by atoms with van der Waals surface area (Å²) in [7, 11) is 0. The van der Waals surface area contributed by atoms with E-state index in [4.69, 9.17) is 28.3 Å². The van der Waals surface area contributed by atoms with Crippen molar-refractivity contribution in [2.24, 2.45) is 11.3 Å². The predicted molar refractivity (Wildman–Crippen MR) is 154 cm³/mol. The maximum atomic E-state index is 14.2. The number of aliphatic hydroxyl groups is 1. The molecule has 8 nitrogen and oxygen atoms in total. The van der Waals surface area contributed by atoms with E-state index in [2.05, 4.69) is 31.4 Å². The highest BCUT2D eigenvalue weighted by Crippen LogP contribution is 2.49. The van der Waals surface area contributed by atoms with Crippen LogP contribution in [0.4, 0.5) is 0 Å². The molecule has 2 fully saturated rings. The number of rotatable bonds is 8. The molecule has 1 heterocycles. The average molecular weight is 591 g/mol. The fraction of sp³-hybridized carbons (Fsp3) is 0.500. The van der Waals surface area contributed by atoms with Gasteiger partial charge in [0, 0.05) is 22.2 Å². The zero-order valence-corrected chi connectivity index (χ0v) is 24.6. The monoisotopic (exact) mass is 589 g/mol. The standard InChI is InChI=1S/C30H37Cl2N3O5/c1-29(2,3)21-8-11-30(12-9-21)34-26(20-14-22(31)16-23(32)15-20)28(40)35(30)24(17-36)18-4-6-19(7-5-18)27(39)33-13-10-25(37)38/h4-7,14-16,21,24,26,34,36H,8-13,17H2,1-3H3,(H,33,39)(H,37,38). The fourth-order valence-electron chi connectivity index (χ4n) is 6.09. The lowest BCUT2D eigenvalue weighted by molar-refractivity contribution is -0.139. The molecule has 2 atom stereocenters. The van der Waals surface area contributed by atoms with E-state index in [1.165, 1.54) is 0 Å². The van der Waals surface area contributed by atoms with Crippen molar-refractivity contribution >= 4 is 41.0 Å². The molecule has 4 rings (SSSR count). The van der Waals surface area contributed by atoms with Gasteiger partial charge in [0.2, 0.25) is 5.91 Å². The molecule has 40 heavy (non-hydrogen) atoms. The van der Waals surface area contributed by atoms with Crippen molar-refractivity contribution in [3.05, 3.63) is 69.2 Å². The Morgan fingerprint density at radius 1 is 1.10 bits per heavy atom. The SMILES string of the molecule is CC(C)(C)C1CCC2(CC1)NC(c1cc(Cl)cc(Cl)c1)C(=O)N2C(CO)c1ccc(C(=O)NCCC(=O)O)cc1. The van der Waals surface area contributed by atoms with Gasteiger partial charge in [0.05, 0.1) is 24.7 Å². The number of halogens is 2. The van der Waals surface area contributed by atoms with Crippen molar-refractivity contribution in [3.8, 4) is 0 Å². The smallest absolute Gasteiger partial charge is 0.305 e. The number of carboxylic acid groups (broad SMARTS) is 1. The third kappa shape index (κ3) is 6.46. The third-order valence-electron chi connectivity index (χ3n) is 8.28. The summed E-state index contributed by atoms with van der Waals surface area (Å²) in [5.41, 5.74) is 1.21. The zero-order valence-electron chi connectivity index (χ0n) is 23.0. The molecule has 2 aromatic rings. The molecule has 0 aromatic heterocycles. The van der Waals surface area contributed by atoms with Crippen LogP contribution in [0.15, 0.2) is 42.5 Å². The number of carbonyl (C=O) groups is 3. The van der Waals surface area contributed by atoms with Gasteiger partial charge in [-0.05, 0) is 78.5 Å². The molecule has 2 unspecified atom stereocenters. The summed E-state index contributed by atoms with van der Waals surface area (Å²) in [4.78, 5) is 39.1. The van der Waals surface area contributed by atoms with Gasteiger partial charge < -0.3 is 20.4 Å². The molecule has 1 spiro atoms. The number of benzene rings is 2. The summed E-state index contributed by atoms with van der Waals surface area (Å²) in [6.07, 6.45) is 3.14. The first-order chi connectivity index (χ1) is 18.8. The Morgan fingerprint density at radius 3 is 2.23 bits per heavy atom. The van der Waals surface area contributed by atoms with Crippen LogP contribution in [-0.4, -0.2) is 51.7 Å². The van der Waals surface area contributed by atoms with Crippen LogP contribution in [0.5, 0.6) is 0 Å². The van der Waals surface area contributed by atoms with Crippen molar-refractivity contribution in [2.75, 3.05) is 13.2 Å². The topological polar surface area (TPSA) is 119 Å². The van der Waals surface area contributed by atoms with E-state index >= 15 is 0 Å². The molecule has 1 aliphatic heterocycles. The van der Waals surface area contributed by atoms with Crippen LogP contribution in [0.25, 0.3) is 0 Å². The van der Waals surface area contributed by atoms with Crippen LogP contribution in [0.2, 0.25) is 10.0 Å². The summed E-state index contributed by atoms with van der Waals surface area (Å²) in [6, 6.07) is 10.5. The molecule has 1 saturated carbocycles. The Kier molecular flexibility index (Phi) is 9.15. The van der Waals surface area contributed by atoms with Gasteiger partial charge in [0.1, 0.15) is 6.04 Å². The number of aliphatic carboxylic acids is 1. The van der Waals surface area contributed by atoms with E-state index in [1.807, 2.05) is 0 Å². The van der Waals surface area contributed by atoms with Crippen LogP contribution in [0.1, 0.15) is 86.4 Å². The molecule has 2 aromatic carbocycles. The van der Waals surface area contributed by atoms with Gasteiger partial charge >= 0.3 is 5.97 Å². The molecule has 2 aliphatic rings. The number of hydrogen-bond donors (Lipinski definition) is 4. The molecule has 1 aliphatic carbocycles. The van der Waals surface area contributed by atoms with E-state index in [-0.39, 0.29) is 36.8 Å². The normalized spacial score (nSPS) is 23.9. The maximum absolute atomic E-state index is 14.2. The lowest BCUT2D eigenvalue weighted by Crippen LogP contribution is -2.56. The van der Waals surface area contributed by atoms with Gasteiger partial charge in [-0.3, -0.25) is 19.7 Å². The second-order valence-electron chi connectivity index (χ2n) is 11.9. The van der Waals surface area contributed by atoms with Crippen LogP contribution in [0.3, 0.4) is 0 Å². The number of hydrogen-bond acceptors (Lipinski definition) is 5. The van der Waals surface area contributed by atoms with Crippen molar-refractivity contribution in [1.29, 1.82) is 0 Å². The minimum atomic E-state index is -0.992. The van der Waals surface area contributed by atoms with Crippen molar-refractivity contribution < 1.29 is 24.6 Å². The number of nitrogens with one attached hydrogen (secondary N) is 2. The summed E-state index contributed by atoms with van der Waals surface area (Å²) in [5, 5.41) is 26.5. The molecule has 4 N–H and O–H groups in total. The molecule has 216 valence electrons. The largest absolute Gasteiger partial charge is 0.481 e. The maximum Gasteiger partial charge on any atom is 0.305 e. The lowest BCUT2D eigenvalue weighted by Gasteiger charge is -2.48. The third-order valence-corrected chi connectivity index (χ3v) is 8.72. The Bertz CT molecular complexity index is 1230. The minimum absolute atomic E-state index is 0.0239. The molecular weight excluding hydrogens is 553 g/mol. The van der Waals surface area contributed by atoms with E-state index < -0.39 is 23.7 Å². The predicted octanol–water partition coefficient (Wildman–Crippen LogP) is 5.34. The van der Waals surface area contributed by atoms with E-state index in [0.29, 0.717) is 32.7 Å². The Balaban J connectivity index is 1.65. The number of aliphatic hydroxyl groups excluding tert-OH is 1. The minimum Gasteiger partial charge on any atom is -0.481 e. The Morgan fingerprint density at radius 2 is 1.70 bits per heavy atom. The van der Waals surface area contributed by atoms with Crippen molar-refractivity contribution in [1.82, 2.24) is 15.5 Å². The molecule has 10 heteroatoms. The number of carbonyl (C=O) groups excluding carboxylic acids is 2. The first kappa shape index (κ1) is 30.3. The molecular formula is C30H37Cl2N3O5. The highest BCUT2D eigenvalue weighted by atomic mass is 35.5. The Hall–Kier alpha value is -2.65. The van der Waals surface area contributed by atoms with Crippen molar-refractivity contribution in [3.63, 3.8) is 0 Å². The fourth-order valence-corrected chi connectivity index (χ4v) is 6.64. The van der Waals surface area contributed by atoms with Crippen LogP contribution >= 0.6 is 23.2 Å². The van der Waals surface area contributed by atoms with Gasteiger partial charge in [0.15, 0.2) is 0 Å². The quantitative estimate of drug-likeness (QED) is 0.330. The van der Waals surface area contributed by atoms with Gasteiger partial charge in [0.25, 0.3) is 5.91 Å².